The van der Waals surface area contributed by atoms with Gasteiger partial charge in [0.25, 0.3) is 0 Å². The van der Waals surface area contributed by atoms with E-state index in [9.17, 15) is 0 Å². The van der Waals surface area contributed by atoms with Crippen LogP contribution in [0.2, 0.25) is 5.02 Å². The van der Waals surface area contributed by atoms with E-state index in [0.29, 0.717) is 12.0 Å². The van der Waals surface area contributed by atoms with E-state index in [4.69, 9.17) is 17.3 Å². The van der Waals surface area contributed by atoms with Gasteiger partial charge in [0, 0.05) is 23.7 Å². The zero-order chi connectivity index (χ0) is 13.7. The largest absolute Gasteiger partial charge is 0.369 e. The van der Waals surface area contributed by atoms with Crippen LogP contribution in [0.3, 0.4) is 0 Å². The second-order valence-electron chi connectivity index (χ2n) is 5.98. The zero-order valence-corrected chi connectivity index (χ0v) is 12.2. The highest BCUT2D eigenvalue weighted by molar-refractivity contribution is 6.31. The molecule has 2 aromatic rings. The predicted octanol–water partition coefficient (Wildman–Crippen LogP) is 3.07. The van der Waals surface area contributed by atoms with E-state index in [1.54, 1.807) is 0 Å². The summed E-state index contributed by atoms with van der Waals surface area (Å²) in [6.45, 7) is 2.44. The fraction of sp³-hybridized carbons (Fsp3) is 0.533. The van der Waals surface area contributed by atoms with Crippen molar-refractivity contribution in [3.63, 3.8) is 0 Å². The molecule has 2 N–H and O–H groups in total. The number of nitrogens with zero attached hydrogens (tertiary/aromatic N) is 3. The molecule has 4 nitrogen and oxygen atoms in total. The number of piperidine rings is 1. The molecular weight excluding hydrogens is 272 g/mol. The molecule has 2 saturated heterocycles. The maximum atomic E-state index is 6.17. The molecule has 3 heterocycles. The first-order valence-corrected chi connectivity index (χ1v) is 7.77. The predicted molar refractivity (Wildman–Crippen MR) is 82.0 cm³/mol. The molecule has 0 bridgehead atoms. The second-order valence-corrected chi connectivity index (χ2v) is 6.42. The van der Waals surface area contributed by atoms with Gasteiger partial charge in [-0.25, -0.2) is 4.98 Å². The Hall–Kier alpha value is -1.26. The Balaban J connectivity index is 1.74. The quantitative estimate of drug-likeness (QED) is 0.878. The summed E-state index contributed by atoms with van der Waals surface area (Å²) in [7, 11) is 0. The second kappa shape index (κ2) is 4.64. The lowest BCUT2D eigenvalue weighted by molar-refractivity contribution is 0.158. The van der Waals surface area contributed by atoms with Crippen LogP contribution in [0.4, 0.5) is 5.95 Å². The van der Waals surface area contributed by atoms with Gasteiger partial charge in [0.15, 0.2) is 0 Å². The van der Waals surface area contributed by atoms with Crippen LogP contribution in [0.5, 0.6) is 0 Å². The van der Waals surface area contributed by atoms with Gasteiger partial charge in [-0.05, 0) is 50.4 Å². The molecule has 0 spiro atoms. The highest BCUT2D eigenvalue weighted by atomic mass is 35.5. The third kappa shape index (κ3) is 1.90. The van der Waals surface area contributed by atoms with E-state index in [-0.39, 0.29) is 0 Å². The Labute approximate surface area is 123 Å². The van der Waals surface area contributed by atoms with Crippen molar-refractivity contribution in [1.82, 2.24) is 14.5 Å². The monoisotopic (exact) mass is 290 g/mol. The summed E-state index contributed by atoms with van der Waals surface area (Å²) in [5, 5.41) is 0.747. The SMILES string of the molecule is Nc1nc2ccc(Cl)cc2n1C1CCN2CCCC2C1. The molecule has 106 valence electrons. The Morgan fingerprint density at radius 2 is 2.10 bits per heavy atom. The molecular formula is C15H19ClN4. The summed E-state index contributed by atoms with van der Waals surface area (Å²) >= 11 is 6.14. The fourth-order valence-electron chi connectivity index (χ4n) is 3.91. The molecule has 20 heavy (non-hydrogen) atoms. The number of aromatic nitrogens is 2. The van der Waals surface area contributed by atoms with E-state index in [1.807, 2.05) is 18.2 Å². The van der Waals surface area contributed by atoms with Crippen LogP contribution >= 0.6 is 11.6 Å². The molecule has 5 heteroatoms. The number of hydrogen-bond donors (Lipinski definition) is 1. The van der Waals surface area contributed by atoms with E-state index in [0.717, 1.165) is 28.5 Å². The average Bonchev–Trinajstić information content (AvgIpc) is 3.00. The number of anilines is 1. The van der Waals surface area contributed by atoms with Crippen LogP contribution in [0.25, 0.3) is 11.0 Å². The minimum Gasteiger partial charge on any atom is -0.369 e. The van der Waals surface area contributed by atoms with Crippen LogP contribution in [0.15, 0.2) is 18.2 Å². The van der Waals surface area contributed by atoms with E-state index in [1.165, 1.54) is 32.4 Å². The molecule has 1 aromatic heterocycles. The minimum atomic E-state index is 0.456. The first kappa shape index (κ1) is 12.5. The highest BCUT2D eigenvalue weighted by Crippen LogP contribution is 2.36. The van der Waals surface area contributed by atoms with E-state index < -0.39 is 0 Å². The van der Waals surface area contributed by atoms with Gasteiger partial charge in [0.2, 0.25) is 5.95 Å². The molecule has 2 atom stereocenters. The molecule has 4 rings (SSSR count). The molecule has 0 amide bonds. The van der Waals surface area contributed by atoms with Gasteiger partial charge >= 0.3 is 0 Å². The van der Waals surface area contributed by atoms with Crippen molar-refractivity contribution in [3.05, 3.63) is 23.2 Å². The van der Waals surface area contributed by atoms with Crippen molar-refractivity contribution in [3.8, 4) is 0 Å². The lowest BCUT2D eigenvalue weighted by atomic mass is 9.97. The third-order valence-corrected chi connectivity index (χ3v) is 5.07. The van der Waals surface area contributed by atoms with Crippen molar-refractivity contribution in [2.24, 2.45) is 0 Å². The van der Waals surface area contributed by atoms with Crippen molar-refractivity contribution in [2.45, 2.75) is 37.8 Å². The maximum Gasteiger partial charge on any atom is 0.201 e. The molecule has 2 aliphatic rings. The third-order valence-electron chi connectivity index (χ3n) is 4.84. The molecule has 0 radical (unpaired) electrons. The molecule has 0 aliphatic carbocycles. The van der Waals surface area contributed by atoms with Crippen LogP contribution in [-0.2, 0) is 0 Å². The number of halogens is 1. The van der Waals surface area contributed by atoms with Crippen molar-refractivity contribution in [2.75, 3.05) is 18.8 Å². The summed E-state index contributed by atoms with van der Waals surface area (Å²) in [5.74, 6) is 0.624. The Kier molecular flexibility index (Phi) is 2.89. The smallest absolute Gasteiger partial charge is 0.201 e. The molecule has 1 aromatic carbocycles. The van der Waals surface area contributed by atoms with Crippen molar-refractivity contribution in [1.29, 1.82) is 0 Å². The molecule has 2 aliphatic heterocycles. The van der Waals surface area contributed by atoms with Gasteiger partial charge in [0.1, 0.15) is 0 Å². The van der Waals surface area contributed by atoms with E-state index in [2.05, 4.69) is 14.5 Å². The number of fused-ring (bicyclic) bond motifs is 2. The van der Waals surface area contributed by atoms with Gasteiger partial charge in [-0.2, -0.15) is 0 Å². The van der Waals surface area contributed by atoms with Crippen LogP contribution in [0, 0.1) is 0 Å². The van der Waals surface area contributed by atoms with Crippen molar-refractivity contribution < 1.29 is 0 Å². The molecule has 2 unspecified atom stereocenters. The number of rotatable bonds is 1. The number of benzene rings is 1. The van der Waals surface area contributed by atoms with Gasteiger partial charge in [0.05, 0.1) is 11.0 Å². The van der Waals surface area contributed by atoms with E-state index >= 15 is 0 Å². The van der Waals surface area contributed by atoms with Crippen LogP contribution < -0.4 is 5.73 Å². The zero-order valence-electron chi connectivity index (χ0n) is 11.4. The topological polar surface area (TPSA) is 47.1 Å². The standard InChI is InChI=1S/C15H19ClN4/c16-10-3-4-13-14(8-10)20(15(17)18-13)12-5-7-19-6-1-2-11(19)9-12/h3-4,8,11-12H,1-2,5-7,9H2,(H2,17,18). The van der Waals surface area contributed by atoms with Crippen LogP contribution in [0.1, 0.15) is 31.7 Å². The molecule has 2 fully saturated rings. The summed E-state index contributed by atoms with van der Waals surface area (Å²) in [4.78, 5) is 7.11. The lowest BCUT2D eigenvalue weighted by Gasteiger charge is -2.35. The average molecular weight is 291 g/mol. The maximum absolute atomic E-state index is 6.17. The van der Waals surface area contributed by atoms with Gasteiger partial charge in [-0.15, -0.1) is 0 Å². The lowest BCUT2D eigenvalue weighted by Crippen LogP contribution is -2.38. The minimum absolute atomic E-state index is 0.456. The first-order chi connectivity index (χ1) is 9.72. The van der Waals surface area contributed by atoms with Gasteiger partial charge < -0.3 is 15.2 Å². The first-order valence-electron chi connectivity index (χ1n) is 7.39. The highest BCUT2D eigenvalue weighted by Gasteiger charge is 2.33. The number of hydrogen-bond acceptors (Lipinski definition) is 3. The number of imidazole rings is 1. The fourth-order valence-corrected chi connectivity index (χ4v) is 4.07. The summed E-state index contributed by atoms with van der Waals surface area (Å²) in [6, 6.07) is 7.00. The van der Waals surface area contributed by atoms with Crippen molar-refractivity contribution >= 4 is 28.6 Å². The molecule has 0 saturated carbocycles. The summed E-state index contributed by atoms with van der Waals surface area (Å²) in [6.07, 6.45) is 4.99. The Morgan fingerprint density at radius 3 is 3.00 bits per heavy atom. The van der Waals surface area contributed by atoms with Crippen LogP contribution in [-0.4, -0.2) is 33.6 Å². The Bertz CT molecular complexity index is 651. The number of nitrogens with two attached hydrogens (primary N) is 1. The Morgan fingerprint density at radius 1 is 1.20 bits per heavy atom. The summed E-state index contributed by atoms with van der Waals surface area (Å²) in [5.41, 5.74) is 8.19. The number of nitrogen functional groups attached to an aromatic ring is 1. The normalized spacial score (nSPS) is 27.1. The van der Waals surface area contributed by atoms with Gasteiger partial charge in [-0.1, -0.05) is 11.6 Å². The summed E-state index contributed by atoms with van der Waals surface area (Å²) < 4.78 is 2.21. The van der Waals surface area contributed by atoms with Gasteiger partial charge in [-0.3, -0.25) is 0 Å².